The van der Waals surface area contributed by atoms with E-state index >= 15 is 0 Å². The van der Waals surface area contributed by atoms with Crippen LogP contribution >= 0.6 is 23.4 Å². The quantitative estimate of drug-likeness (QED) is 0.667. The third kappa shape index (κ3) is 6.60. The Morgan fingerprint density at radius 1 is 1.19 bits per heavy atom. The normalized spacial score (nSPS) is 11.7. The van der Waals surface area contributed by atoms with Gasteiger partial charge in [0.15, 0.2) is 0 Å². The fraction of sp³-hybridized carbons (Fsp3) is 0.333. The maximum Gasteiger partial charge on any atom is 0.242 e. The number of nitrogens with one attached hydrogen (secondary N) is 1. The number of hydrogen-bond donors (Lipinski definition) is 1. The van der Waals surface area contributed by atoms with Crippen molar-refractivity contribution in [2.24, 2.45) is 0 Å². The van der Waals surface area contributed by atoms with Crippen LogP contribution in [0.15, 0.2) is 53.4 Å². The molecular weight excluding hydrogens is 380 g/mol. The van der Waals surface area contributed by atoms with Crippen molar-refractivity contribution in [2.45, 2.75) is 37.8 Å². The van der Waals surface area contributed by atoms with Gasteiger partial charge in [-0.25, -0.2) is 0 Å². The zero-order chi connectivity index (χ0) is 19.8. The van der Waals surface area contributed by atoms with Crippen LogP contribution in [0.5, 0.6) is 0 Å². The van der Waals surface area contributed by atoms with Crippen LogP contribution in [0, 0.1) is 6.92 Å². The van der Waals surface area contributed by atoms with Crippen LogP contribution in [0.3, 0.4) is 0 Å². The third-order valence-electron chi connectivity index (χ3n) is 4.26. The number of rotatable bonds is 8. The largest absolute Gasteiger partial charge is 0.357 e. The van der Waals surface area contributed by atoms with E-state index in [0.29, 0.717) is 23.7 Å². The number of benzene rings is 2. The summed E-state index contributed by atoms with van der Waals surface area (Å²) in [4.78, 5) is 27.7. The highest BCUT2D eigenvalue weighted by Gasteiger charge is 2.25. The van der Waals surface area contributed by atoms with Crippen LogP contribution in [0.25, 0.3) is 0 Å². The average Bonchev–Trinajstić information content (AvgIpc) is 2.66. The second-order valence-electron chi connectivity index (χ2n) is 6.35. The Kier molecular flexibility index (Phi) is 8.20. The van der Waals surface area contributed by atoms with Crippen molar-refractivity contribution in [3.63, 3.8) is 0 Å². The predicted molar refractivity (Wildman–Crippen MR) is 112 cm³/mol. The molecule has 6 heteroatoms. The van der Waals surface area contributed by atoms with Gasteiger partial charge in [0, 0.05) is 35.7 Å². The molecule has 0 heterocycles. The minimum atomic E-state index is -0.550. The summed E-state index contributed by atoms with van der Waals surface area (Å²) in [6.45, 7) is 4.14. The van der Waals surface area contributed by atoms with Gasteiger partial charge in [-0.05, 0) is 43.7 Å². The van der Waals surface area contributed by atoms with E-state index in [9.17, 15) is 9.59 Å². The summed E-state index contributed by atoms with van der Waals surface area (Å²) in [5, 5.41) is 3.23. The van der Waals surface area contributed by atoms with Crippen LogP contribution in [0.4, 0.5) is 0 Å². The molecule has 1 N–H and O–H groups in total. The monoisotopic (exact) mass is 404 g/mol. The highest BCUT2D eigenvalue weighted by Crippen LogP contribution is 2.21. The molecule has 0 saturated heterocycles. The predicted octanol–water partition coefficient (Wildman–Crippen LogP) is 4.29. The molecule has 0 unspecified atom stereocenters. The van der Waals surface area contributed by atoms with E-state index in [2.05, 4.69) is 29.6 Å². The van der Waals surface area contributed by atoms with Crippen LogP contribution in [0.2, 0.25) is 5.02 Å². The van der Waals surface area contributed by atoms with Gasteiger partial charge >= 0.3 is 0 Å². The SMILES string of the molecule is CNC(=O)[C@H](C)N(Cc1cccc(Cl)c1)C(=O)CCSc1ccc(C)cc1. The Labute approximate surface area is 170 Å². The fourth-order valence-corrected chi connectivity index (χ4v) is 3.71. The topological polar surface area (TPSA) is 49.4 Å². The molecule has 0 radical (unpaired) electrons. The van der Waals surface area contributed by atoms with Gasteiger partial charge in [-0.15, -0.1) is 11.8 Å². The molecule has 2 amide bonds. The van der Waals surface area contributed by atoms with Gasteiger partial charge in [0.05, 0.1) is 0 Å². The number of amides is 2. The van der Waals surface area contributed by atoms with Gasteiger partial charge in [-0.2, -0.15) is 0 Å². The van der Waals surface area contributed by atoms with Gasteiger partial charge in [0.1, 0.15) is 6.04 Å². The Morgan fingerprint density at radius 3 is 2.52 bits per heavy atom. The van der Waals surface area contributed by atoms with Crippen LogP contribution in [-0.2, 0) is 16.1 Å². The first-order valence-corrected chi connectivity index (χ1v) is 10.2. The number of halogens is 1. The molecule has 0 fully saturated rings. The standard InChI is InChI=1S/C21H25ClN2O2S/c1-15-7-9-19(10-8-15)27-12-11-20(25)24(16(2)21(26)23-3)14-17-5-4-6-18(22)13-17/h4-10,13,16H,11-12,14H2,1-3H3,(H,23,26)/t16-/m0/s1. The number of carbonyl (C=O) groups is 2. The highest BCUT2D eigenvalue weighted by atomic mass is 35.5. The van der Waals surface area contributed by atoms with E-state index in [1.165, 1.54) is 5.56 Å². The minimum absolute atomic E-state index is 0.0503. The average molecular weight is 405 g/mol. The summed E-state index contributed by atoms with van der Waals surface area (Å²) in [5.74, 6) is 0.427. The molecule has 1 atom stereocenters. The zero-order valence-electron chi connectivity index (χ0n) is 15.9. The van der Waals surface area contributed by atoms with Gasteiger partial charge in [0.25, 0.3) is 0 Å². The Balaban J connectivity index is 2.03. The molecule has 0 aromatic heterocycles. The molecule has 0 bridgehead atoms. The van der Waals surface area contributed by atoms with E-state index in [-0.39, 0.29) is 11.8 Å². The Hall–Kier alpha value is -1.98. The van der Waals surface area contributed by atoms with Crippen LogP contribution in [-0.4, -0.2) is 35.6 Å². The molecule has 0 aliphatic heterocycles. The van der Waals surface area contributed by atoms with Crippen molar-refractivity contribution in [1.82, 2.24) is 10.2 Å². The number of nitrogens with zero attached hydrogens (tertiary/aromatic N) is 1. The third-order valence-corrected chi connectivity index (χ3v) is 5.51. The summed E-state index contributed by atoms with van der Waals surface area (Å²) >= 11 is 7.69. The van der Waals surface area contributed by atoms with Gasteiger partial charge in [0.2, 0.25) is 11.8 Å². The summed E-state index contributed by atoms with van der Waals surface area (Å²) in [6.07, 6.45) is 0.362. The molecule has 2 aromatic carbocycles. The van der Waals surface area contributed by atoms with E-state index < -0.39 is 6.04 Å². The summed E-state index contributed by atoms with van der Waals surface area (Å²) < 4.78 is 0. The second kappa shape index (κ2) is 10.4. The lowest BCUT2D eigenvalue weighted by atomic mass is 10.1. The lowest BCUT2D eigenvalue weighted by molar-refractivity contribution is -0.140. The molecule has 0 aliphatic rings. The molecule has 27 heavy (non-hydrogen) atoms. The Morgan fingerprint density at radius 2 is 1.89 bits per heavy atom. The molecule has 2 aromatic rings. The first-order chi connectivity index (χ1) is 12.9. The zero-order valence-corrected chi connectivity index (χ0v) is 17.4. The molecule has 0 aliphatic carbocycles. The molecule has 0 saturated carbocycles. The van der Waals surface area contributed by atoms with Crippen LogP contribution in [0.1, 0.15) is 24.5 Å². The number of aryl methyl sites for hydroxylation is 1. The fourth-order valence-electron chi connectivity index (χ4n) is 2.66. The lowest BCUT2D eigenvalue weighted by Crippen LogP contribution is -2.46. The molecular formula is C21H25ClN2O2S. The highest BCUT2D eigenvalue weighted by molar-refractivity contribution is 7.99. The summed E-state index contributed by atoms with van der Waals surface area (Å²) in [5.41, 5.74) is 2.11. The minimum Gasteiger partial charge on any atom is -0.357 e. The second-order valence-corrected chi connectivity index (χ2v) is 7.96. The van der Waals surface area contributed by atoms with Crippen molar-refractivity contribution in [3.05, 3.63) is 64.7 Å². The number of thioether (sulfide) groups is 1. The summed E-state index contributed by atoms with van der Waals surface area (Å²) in [6, 6.07) is 15.0. The van der Waals surface area contributed by atoms with E-state index in [4.69, 9.17) is 11.6 Å². The molecule has 0 spiro atoms. The lowest BCUT2D eigenvalue weighted by Gasteiger charge is -2.28. The van der Waals surface area contributed by atoms with E-state index in [1.54, 1.807) is 36.7 Å². The molecule has 2 rings (SSSR count). The first-order valence-electron chi connectivity index (χ1n) is 8.85. The maximum atomic E-state index is 12.8. The Bertz CT molecular complexity index is 780. The van der Waals surface area contributed by atoms with Gasteiger partial charge in [-0.3, -0.25) is 9.59 Å². The molecule has 144 valence electrons. The smallest absolute Gasteiger partial charge is 0.242 e. The van der Waals surface area contributed by atoms with Crippen molar-refractivity contribution in [3.8, 4) is 0 Å². The molecule has 4 nitrogen and oxygen atoms in total. The number of carbonyl (C=O) groups excluding carboxylic acids is 2. The number of hydrogen-bond acceptors (Lipinski definition) is 3. The summed E-state index contributed by atoms with van der Waals surface area (Å²) in [7, 11) is 1.58. The van der Waals surface area contributed by atoms with E-state index in [0.717, 1.165) is 10.5 Å². The van der Waals surface area contributed by atoms with Crippen molar-refractivity contribution >= 4 is 35.2 Å². The number of likely N-dealkylation sites (N-methyl/N-ethyl adjacent to an activating group) is 1. The van der Waals surface area contributed by atoms with Crippen LogP contribution < -0.4 is 5.32 Å². The van der Waals surface area contributed by atoms with Gasteiger partial charge in [-0.1, -0.05) is 41.4 Å². The first kappa shape index (κ1) is 21.3. The maximum absolute atomic E-state index is 12.8. The van der Waals surface area contributed by atoms with Crippen molar-refractivity contribution in [1.29, 1.82) is 0 Å². The van der Waals surface area contributed by atoms with E-state index in [1.807, 2.05) is 25.1 Å². The van der Waals surface area contributed by atoms with Crippen molar-refractivity contribution < 1.29 is 9.59 Å². The van der Waals surface area contributed by atoms with Gasteiger partial charge < -0.3 is 10.2 Å². The van der Waals surface area contributed by atoms with Crippen molar-refractivity contribution in [2.75, 3.05) is 12.8 Å².